The highest BCUT2D eigenvalue weighted by molar-refractivity contribution is 5.98. The first-order chi connectivity index (χ1) is 29.8. The van der Waals surface area contributed by atoms with Crippen molar-refractivity contribution in [1.82, 2.24) is 47.9 Å². The van der Waals surface area contributed by atoms with Crippen molar-refractivity contribution in [2.75, 3.05) is 19.6 Å². The van der Waals surface area contributed by atoms with Crippen LogP contribution < -0.4 is 47.9 Å². The maximum Gasteiger partial charge on any atom is 0.322 e. The number of unbranched alkanes of at least 4 members (excludes halogenated alkanes) is 2. The number of aliphatic carboxylic acids is 5. The Morgan fingerprint density at radius 1 is 0.328 bits per heavy atom. The molecule has 6 atom stereocenters. The Hall–Kier alpha value is -7.42. The van der Waals surface area contributed by atoms with Crippen LogP contribution >= 0.6 is 0 Å². The summed E-state index contributed by atoms with van der Waals surface area (Å²) in [6, 6.07) is -10.3. The third-order valence-corrected chi connectivity index (χ3v) is 8.36. The van der Waals surface area contributed by atoms with Crippen molar-refractivity contribution in [2.24, 2.45) is 0 Å². The molecule has 0 spiro atoms. The van der Waals surface area contributed by atoms with Gasteiger partial charge in [-0.05, 0) is 38.5 Å². The van der Waals surface area contributed by atoms with E-state index in [1.807, 2.05) is 5.32 Å². The molecule has 0 aliphatic heterocycles. The fourth-order valence-corrected chi connectivity index (χ4v) is 5.49. The Morgan fingerprint density at radius 3 is 0.969 bits per heavy atom. The number of hydrogen-bond donors (Lipinski definition) is 14. The lowest BCUT2D eigenvalue weighted by atomic mass is 10.0. The third kappa shape index (κ3) is 26.0. The van der Waals surface area contributed by atoms with Crippen molar-refractivity contribution in [3.05, 3.63) is 0 Å². The van der Waals surface area contributed by atoms with E-state index in [2.05, 4.69) is 42.5 Å². The summed E-state index contributed by atoms with van der Waals surface area (Å²) >= 11 is 0. The maximum atomic E-state index is 13.8. The molecule has 0 aromatic carbocycles. The molecule has 9 amide bonds. The molecule has 28 nitrogen and oxygen atoms in total. The molecule has 28 heteroatoms. The number of amides is 9. The Morgan fingerprint density at radius 2 is 0.625 bits per heavy atom. The summed E-state index contributed by atoms with van der Waals surface area (Å²) in [6.45, 7) is 2.26. The fraction of sp³-hybridized carbons (Fsp3) is 0.611. The van der Waals surface area contributed by atoms with E-state index in [0.29, 0.717) is 6.42 Å². The minimum absolute atomic E-state index is 0.0544. The molecular formula is C36H55N9O19. The smallest absolute Gasteiger partial charge is 0.322 e. The van der Waals surface area contributed by atoms with Crippen LogP contribution in [0.15, 0.2) is 0 Å². The molecule has 0 saturated carbocycles. The van der Waals surface area contributed by atoms with Gasteiger partial charge in [-0.3, -0.25) is 67.1 Å². The lowest BCUT2D eigenvalue weighted by Gasteiger charge is -2.26. The summed E-state index contributed by atoms with van der Waals surface area (Å²) in [4.78, 5) is 170. The van der Waals surface area contributed by atoms with Crippen LogP contribution in [0.5, 0.6) is 0 Å². The van der Waals surface area contributed by atoms with Gasteiger partial charge in [0.2, 0.25) is 53.2 Å². The van der Waals surface area contributed by atoms with Gasteiger partial charge in [-0.2, -0.15) is 0 Å². The van der Waals surface area contributed by atoms with Crippen LogP contribution in [0, 0.1) is 0 Å². The Balaban J connectivity index is 6.43. The predicted molar refractivity (Wildman–Crippen MR) is 212 cm³/mol. The molecule has 0 unspecified atom stereocenters. The summed E-state index contributed by atoms with van der Waals surface area (Å²) in [5.41, 5.74) is 0. The first-order valence-corrected chi connectivity index (χ1v) is 19.5. The SMILES string of the molecule is CC(=O)NCCCC[C@H](NC(=O)[C@H](CCCCNC(=O)[C@H](CC(=O)O)NC(=O)[C@H](CC(=O)O)NC(C)=O)NC(=O)[C@H](CC(=O)O)NC(=O)[C@H](CC(=O)O)NC(C)=O)C(=O)NCC(=O)O. The number of carbonyl (C=O) groups is 14. The number of carboxylic acid groups (broad SMARTS) is 5. The maximum absolute atomic E-state index is 13.8. The fourth-order valence-electron chi connectivity index (χ4n) is 5.49. The van der Waals surface area contributed by atoms with E-state index in [-0.39, 0.29) is 51.1 Å². The van der Waals surface area contributed by atoms with E-state index in [1.165, 1.54) is 6.92 Å². The monoisotopic (exact) mass is 917 g/mol. The van der Waals surface area contributed by atoms with Crippen molar-refractivity contribution in [3.63, 3.8) is 0 Å². The molecule has 14 N–H and O–H groups in total. The molecule has 0 aliphatic carbocycles. The number of nitrogens with one attached hydrogen (secondary N) is 9. The van der Waals surface area contributed by atoms with Crippen molar-refractivity contribution < 1.29 is 92.7 Å². The molecule has 358 valence electrons. The van der Waals surface area contributed by atoms with Crippen molar-refractivity contribution in [2.45, 2.75) is 121 Å². The summed E-state index contributed by atoms with van der Waals surface area (Å²) in [5, 5.41) is 66.0. The zero-order chi connectivity index (χ0) is 49.1. The minimum atomic E-state index is -1.99. The van der Waals surface area contributed by atoms with E-state index in [9.17, 15) is 82.4 Å². The third-order valence-electron chi connectivity index (χ3n) is 8.36. The van der Waals surface area contributed by atoms with E-state index in [1.54, 1.807) is 0 Å². The van der Waals surface area contributed by atoms with Gasteiger partial charge < -0.3 is 73.4 Å². The van der Waals surface area contributed by atoms with E-state index >= 15 is 0 Å². The number of carbonyl (C=O) groups excluding carboxylic acids is 9. The quantitative estimate of drug-likeness (QED) is 0.0280. The lowest BCUT2D eigenvalue weighted by molar-refractivity contribution is -0.143. The van der Waals surface area contributed by atoms with Crippen LogP contribution in [-0.4, -0.2) is 164 Å². The van der Waals surface area contributed by atoms with E-state index in [4.69, 9.17) is 10.2 Å². The van der Waals surface area contributed by atoms with Crippen LogP contribution in [-0.2, 0) is 67.1 Å². The molecule has 0 bridgehead atoms. The second-order valence-corrected chi connectivity index (χ2v) is 14.0. The largest absolute Gasteiger partial charge is 0.481 e. The van der Waals surface area contributed by atoms with Gasteiger partial charge in [-0.25, -0.2) is 0 Å². The minimum Gasteiger partial charge on any atom is -0.481 e. The average molecular weight is 918 g/mol. The Kier molecular flexibility index (Phi) is 26.3. The van der Waals surface area contributed by atoms with Crippen molar-refractivity contribution >= 4 is 83.0 Å². The number of carboxylic acids is 5. The highest BCUT2D eigenvalue weighted by Gasteiger charge is 2.34. The summed E-state index contributed by atoms with van der Waals surface area (Å²) in [6.07, 6.45) is -4.11. The molecular weight excluding hydrogens is 862 g/mol. The highest BCUT2D eigenvalue weighted by atomic mass is 16.4. The lowest BCUT2D eigenvalue weighted by Crippen LogP contribution is -2.58. The summed E-state index contributed by atoms with van der Waals surface area (Å²) in [5.74, 6) is -16.5. The average Bonchev–Trinajstić information content (AvgIpc) is 3.16. The van der Waals surface area contributed by atoms with Gasteiger partial charge in [-0.1, -0.05) is 0 Å². The molecule has 0 aromatic rings. The molecule has 64 heavy (non-hydrogen) atoms. The summed E-state index contributed by atoms with van der Waals surface area (Å²) < 4.78 is 0. The van der Waals surface area contributed by atoms with Crippen LogP contribution in [0.25, 0.3) is 0 Å². The van der Waals surface area contributed by atoms with E-state index < -0.39 is 146 Å². The second-order valence-electron chi connectivity index (χ2n) is 14.0. The van der Waals surface area contributed by atoms with Crippen molar-refractivity contribution in [1.29, 1.82) is 0 Å². The van der Waals surface area contributed by atoms with Gasteiger partial charge in [0.1, 0.15) is 42.8 Å². The van der Waals surface area contributed by atoms with Gasteiger partial charge in [0.15, 0.2) is 0 Å². The molecule has 0 radical (unpaired) electrons. The normalized spacial score (nSPS) is 13.3. The second kappa shape index (κ2) is 29.8. The topological polar surface area (TPSA) is 448 Å². The zero-order valence-electron chi connectivity index (χ0n) is 35.1. The number of rotatable bonds is 32. The summed E-state index contributed by atoms with van der Waals surface area (Å²) in [7, 11) is 0. The molecule has 0 heterocycles. The molecule has 0 aliphatic rings. The number of hydrogen-bond acceptors (Lipinski definition) is 14. The first kappa shape index (κ1) is 56.6. The predicted octanol–water partition coefficient (Wildman–Crippen LogP) is -5.37. The van der Waals surface area contributed by atoms with Gasteiger partial charge in [-0.15, -0.1) is 0 Å². The molecule has 0 saturated heterocycles. The molecule has 0 fully saturated rings. The highest BCUT2D eigenvalue weighted by Crippen LogP contribution is 2.08. The zero-order valence-corrected chi connectivity index (χ0v) is 35.1. The van der Waals surface area contributed by atoms with Crippen molar-refractivity contribution in [3.8, 4) is 0 Å². The molecule has 0 aromatic heterocycles. The van der Waals surface area contributed by atoms with Crippen LogP contribution in [0.4, 0.5) is 0 Å². The van der Waals surface area contributed by atoms with Gasteiger partial charge >= 0.3 is 29.8 Å². The Bertz CT molecular complexity index is 1730. The van der Waals surface area contributed by atoms with Gasteiger partial charge in [0.25, 0.3) is 0 Å². The molecule has 0 rings (SSSR count). The van der Waals surface area contributed by atoms with Crippen LogP contribution in [0.3, 0.4) is 0 Å². The first-order valence-electron chi connectivity index (χ1n) is 19.5. The van der Waals surface area contributed by atoms with Gasteiger partial charge in [0.05, 0.1) is 25.7 Å². The van der Waals surface area contributed by atoms with E-state index in [0.717, 1.165) is 13.8 Å². The van der Waals surface area contributed by atoms with Crippen LogP contribution in [0.2, 0.25) is 0 Å². The van der Waals surface area contributed by atoms with Gasteiger partial charge in [0, 0.05) is 33.9 Å². The standard InChI is InChI=1S/C36H55N9O19/c1-17(46)37-10-6-4-8-20(31(59)39-16-30(57)58)42-33(61)21(43-36(64)25(15-29(55)56)45-35(63)24(14-28(53)54)41-19(3)48)9-5-7-11-38-32(60)22(12-26(49)50)44-34(62)23(13-27(51)52)40-18(2)47/h20-25H,4-16H2,1-3H3,(H,37,46)(H,38,60)(H,39,59)(H,40,47)(H,41,48)(H,42,61)(H,43,64)(H,44,62)(H,45,63)(H,49,50)(H,51,52)(H,53,54)(H,55,56)(H,57,58)/t20-,21-,22-,23-,24-,25-/m0/s1. The van der Waals surface area contributed by atoms with Crippen LogP contribution in [0.1, 0.15) is 85.0 Å². The Labute approximate surface area is 364 Å².